The van der Waals surface area contributed by atoms with Gasteiger partial charge in [-0.05, 0) is 42.5 Å². The smallest absolute Gasteiger partial charge is 0.313 e. The van der Waals surface area contributed by atoms with E-state index in [1.807, 2.05) is 6.92 Å². The minimum atomic E-state index is -1.16. The summed E-state index contributed by atoms with van der Waals surface area (Å²) >= 11 is 5.76. The van der Waals surface area contributed by atoms with Crippen molar-refractivity contribution in [1.29, 1.82) is 0 Å². The highest BCUT2D eigenvalue weighted by Gasteiger charge is 2.35. The second kappa shape index (κ2) is 8.74. The van der Waals surface area contributed by atoms with E-state index in [1.54, 1.807) is 0 Å². The van der Waals surface area contributed by atoms with Crippen LogP contribution in [0, 0.1) is 17.6 Å². The number of aromatic nitrogens is 1. The van der Waals surface area contributed by atoms with Crippen LogP contribution in [0.4, 0.5) is 14.5 Å². The average molecular weight is 437 g/mol. The number of halogens is 3. The van der Waals surface area contributed by atoms with Crippen LogP contribution in [-0.2, 0) is 9.59 Å². The molecule has 0 radical (unpaired) electrons. The van der Waals surface area contributed by atoms with Gasteiger partial charge in [0, 0.05) is 12.7 Å². The number of carbonyl (C=O) groups excluding carboxylic acids is 3. The van der Waals surface area contributed by atoms with E-state index in [4.69, 9.17) is 17.3 Å². The third-order valence-corrected chi connectivity index (χ3v) is 5.22. The van der Waals surface area contributed by atoms with Crippen LogP contribution in [0.3, 0.4) is 0 Å². The summed E-state index contributed by atoms with van der Waals surface area (Å²) in [7, 11) is 0. The Balaban J connectivity index is 1.85. The fraction of sp³-hybridized carbons (Fsp3) is 0.300. The van der Waals surface area contributed by atoms with Crippen LogP contribution in [0.15, 0.2) is 30.6 Å². The highest BCUT2D eigenvalue weighted by atomic mass is 35.5. The number of hydrogen-bond donors (Lipinski definition) is 2. The van der Waals surface area contributed by atoms with Gasteiger partial charge < -0.3 is 16.0 Å². The molecule has 158 valence electrons. The lowest BCUT2D eigenvalue weighted by Gasteiger charge is -2.38. The number of likely N-dealkylation sites (tertiary alicyclic amines) is 1. The molecule has 0 spiro atoms. The van der Waals surface area contributed by atoms with Crippen molar-refractivity contribution in [3.63, 3.8) is 0 Å². The third kappa shape index (κ3) is 4.56. The number of hydrogen-bond acceptors (Lipinski definition) is 4. The van der Waals surface area contributed by atoms with Gasteiger partial charge in [-0.2, -0.15) is 0 Å². The van der Waals surface area contributed by atoms with Crippen molar-refractivity contribution in [2.24, 2.45) is 11.7 Å². The number of pyridine rings is 1. The van der Waals surface area contributed by atoms with Crippen molar-refractivity contribution in [2.75, 3.05) is 11.9 Å². The van der Waals surface area contributed by atoms with Crippen LogP contribution < -0.4 is 11.1 Å². The standard InChI is InChI=1S/C20H19ClF2N4O3/c1-10-2-3-16(11-5-14(21)17(23)15(22)6-11)27(9-10)20(30)19(29)26-13-4-12(18(24)28)7-25-8-13/h4-8,10,16H,2-3,9H2,1H3,(H2,24,28)(H,26,29)/t10-,16?/m0/s1. The van der Waals surface area contributed by atoms with Crippen LogP contribution in [-0.4, -0.2) is 34.2 Å². The summed E-state index contributed by atoms with van der Waals surface area (Å²) in [5, 5.41) is 2.00. The van der Waals surface area contributed by atoms with Gasteiger partial charge in [-0.1, -0.05) is 18.5 Å². The van der Waals surface area contributed by atoms with Crippen molar-refractivity contribution >= 4 is 35.0 Å². The maximum Gasteiger partial charge on any atom is 0.313 e. The highest BCUT2D eigenvalue weighted by Crippen LogP contribution is 2.35. The van der Waals surface area contributed by atoms with Crippen molar-refractivity contribution in [2.45, 2.75) is 25.8 Å². The number of piperidine rings is 1. The summed E-state index contributed by atoms with van der Waals surface area (Å²) in [4.78, 5) is 41.8. The normalized spacial score (nSPS) is 18.7. The lowest BCUT2D eigenvalue weighted by molar-refractivity contribution is -0.146. The first-order valence-corrected chi connectivity index (χ1v) is 9.56. The molecule has 0 saturated carbocycles. The monoisotopic (exact) mass is 436 g/mol. The van der Waals surface area contributed by atoms with Gasteiger partial charge in [-0.3, -0.25) is 19.4 Å². The second-order valence-electron chi connectivity index (χ2n) is 7.24. The number of primary amides is 1. The molecule has 10 heteroatoms. The Morgan fingerprint density at radius 2 is 1.93 bits per heavy atom. The fourth-order valence-corrected chi connectivity index (χ4v) is 3.67. The number of rotatable bonds is 3. The molecule has 0 bridgehead atoms. The topological polar surface area (TPSA) is 105 Å². The SMILES string of the molecule is C[C@H]1CCC(c2cc(F)c(F)c(Cl)c2)N(C(=O)C(=O)Nc2cncc(C(N)=O)c2)C1. The van der Waals surface area contributed by atoms with Gasteiger partial charge >= 0.3 is 11.8 Å². The molecule has 1 aromatic carbocycles. The zero-order valence-corrected chi connectivity index (χ0v) is 16.7. The summed E-state index contributed by atoms with van der Waals surface area (Å²) < 4.78 is 27.4. The van der Waals surface area contributed by atoms with E-state index in [-0.39, 0.29) is 23.7 Å². The van der Waals surface area contributed by atoms with E-state index in [0.29, 0.717) is 12.0 Å². The zero-order chi connectivity index (χ0) is 22.0. The van der Waals surface area contributed by atoms with Crippen LogP contribution in [0.25, 0.3) is 0 Å². The lowest BCUT2D eigenvalue weighted by atomic mass is 9.89. The van der Waals surface area contributed by atoms with E-state index in [1.165, 1.54) is 29.4 Å². The first-order valence-electron chi connectivity index (χ1n) is 9.18. The first-order chi connectivity index (χ1) is 14.2. The molecule has 30 heavy (non-hydrogen) atoms. The molecular weight excluding hydrogens is 418 g/mol. The van der Waals surface area contributed by atoms with Crippen LogP contribution in [0.2, 0.25) is 5.02 Å². The molecular formula is C20H19ClF2N4O3. The summed E-state index contributed by atoms with van der Waals surface area (Å²) in [6, 6.07) is 2.91. The minimum Gasteiger partial charge on any atom is -0.366 e. The molecule has 3 amide bonds. The number of nitrogens with two attached hydrogens (primary N) is 1. The highest BCUT2D eigenvalue weighted by molar-refractivity contribution is 6.39. The Hall–Kier alpha value is -3.07. The van der Waals surface area contributed by atoms with E-state index in [0.717, 1.165) is 12.5 Å². The molecule has 2 atom stereocenters. The number of nitrogens with one attached hydrogen (secondary N) is 1. The molecule has 1 fully saturated rings. The predicted octanol–water partition coefficient (Wildman–Crippen LogP) is 3.05. The maximum absolute atomic E-state index is 13.9. The number of anilines is 1. The molecule has 0 aliphatic carbocycles. The Morgan fingerprint density at radius 1 is 1.20 bits per heavy atom. The quantitative estimate of drug-likeness (QED) is 0.569. The molecule has 1 aliphatic rings. The van der Waals surface area contributed by atoms with E-state index >= 15 is 0 Å². The zero-order valence-electron chi connectivity index (χ0n) is 16.0. The van der Waals surface area contributed by atoms with Crippen molar-refractivity contribution in [1.82, 2.24) is 9.88 Å². The molecule has 2 aromatic rings. The maximum atomic E-state index is 13.9. The first kappa shape index (κ1) is 21.6. The molecule has 1 aromatic heterocycles. The van der Waals surface area contributed by atoms with E-state index < -0.39 is 40.4 Å². The predicted molar refractivity (Wildman–Crippen MR) is 106 cm³/mol. The van der Waals surface area contributed by atoms with E-state index in [9.17, 15) is 23.2 Å². The summed E-state index contributed by atoms with van der Waals surface area (Å²) in [6.45, 7) is 2.18. The number of benzene rings is 1. The van der Waals surface area contributed by atoms with Crippen LogP contribution in [0.5, 0.6) is 0 Å². The van der Waals surface area contributed by atoms with Crippen molar-refractivity contribution in [3.8, 4) is 0 Å². The number of nitrogens with zero attached hydrogens (tertiary/aromatic N) is 2. The van der Waals surface area contributed by atoms with Gasteiger partial charge in [-0.15, -0.1) is 0 Å². The van der Waals surface area contributed by atoms with Gasteiger partial charge in [0.15, 0.2) is 11.6 Å². The molecule has 1 unspecified atom stereocenters. The van der Waals surface area contributed by atoms with Crippen LogP contribution >= 0.6 is 11.6 Å². The number of amides is 3. The summed E-state index contributed by atoms with van der Waals surface area (Å²) in [5.41, 5.74) is 5.70. The fourth-order valence-electron chi connectivity index (χ4n) is 3.45. The van der Waals surface area contributed by atoms with Crippen molar-refractivity contribution in [3.05, 3.63) is 58.4 Å². The molecule has 3 rings (SSSR count). The van der Waals surface area contributed by atoms with Gasteiger partial charge in [-0.25, -0.2) is 8.78 Å². The lowest BCUT2D eigenvalue weighted by Crippen LogP contribution is -2.46. The van der Waals surface area contributed by atoms with Gasteiger partial charge in [0.1, 0.15) is 0 Å². The van der Waals surface area contributed by atoms with Gasteiger partial charge in [0.05, 0.1) is 28.5 Å². The number of carbonyl (C=O) groups is 3. The Bertz CT molecular complexity index is 994. The Morgan fingerprint density at radius 3 is 2.60 bits per heavy atom. The Labute approximate surface area is 176 Å². The minimum absolute atomic E-state index is 0.0705. The molecule has 1 aliphatic heterocycles. The largest absolute Gasteiger partial charge is 0.366 e. The molecule has 2 heterocycles. The second-order valence-corrected chi connectivity index (χ2v) is 7.64. The molecule has 1 saturated heterocycles. The van der Waals surface area contributed by atoms with Gasteiger partial charge in [0.2, 0.25) is 5.91 Å². The summed E-state index contributed by atoms with van der Waals surface area (Å²) in [6.07, 6.45) is 3.69. The average Bonchev–Trinajstić information content (AvgIpc) is 2.71. The van der Waals surface area contributed by atoms with E-state index in [2.05, 4.69) is 10.3 Å². The summed E-state index contributed by atoms with van der Waals surface area (Å²) in [5.74, 6) is -4.71. The van der Waals surface area contributed by atoms with Gasteiger partial charge in [0.25, 0.3) is 0 Å². The molecule has 3 N–H and O–H groups in total. The van der Waals surface area contributed by atoms with Crippen LogP contribution in [0.1, 0.15) is 41.7 Å². The third-order valence-electron chi connectivity index (χ3n) is 4.94. The molecule has 7 nitrogen and oxygen atoms in total. The Kier molecular flexibility index (Phi) is 6.31. The van der Waals surface area contributed by atoms with Crippen molar-refractivity contribution < 1.29 is 23.2 Å².